The molecule has 116 valence electrons. The largest absolute Gasteiger partial charge is 0.508 e. The molecule has 0 radical (unpaired) electrons. The molecule has 3 aromatic carbocycles. The Bertz CT molecular complexity index is 997. The highest BCUT2D eigenvalue weighted by molar-refractivity contribution is 5.87. The van der Waals surface area contributed by atoms with Crippen LogP contribution in [0.3, 0.4) is 0 Å². The van der Waals surface area contributed by atoms with Gasteiger partial charge in [0.05, 0.1) is 5.69 Å². The van der Waals surface area contributed by atoms with Gasteiger partial charge >= 0.3 is 0 Å². The number of rotatable bonds is 3. The average Bonchev–Trinajstić information content (AvgIpc) is 2.63. The second kappa shape index (κ2) is 6.01. The number of fused-ring (bicyclic) bond motifs is 1. The number of phenolic OH excluding ortho intramolecular Hbond substituents is 1. The predicted molar refractivity (Wildman–Crippen MR) is 96.4 cm³/mol. The molecule has 4 heteroatoms. The molecule has 0 unspecified atom stereocenters. The van der Waals surface area contributed by atoms with Gasteiger partial charge in [-0.3, -0.25) is 0 Å². The van der Waals surface area contributed by atoms with Gasteiger partial charge in [0.1, 0.15) is 17.9 Å². The zero-order chi connectivity index (χ0) is 16.4. The van der Waals surface area contributed by atoms with E-state index in [1.807, 2.05) is 18.2 Å². The molecular formula is C20H15N3O. The van der Waals surface area contributed by atoms with Crippen LogP contribution in [-0.4, -0.2) is 15.1 Å². The third-order valence-electron chi connectivity index (χ3n) is 3.85. The van der Waals surface area contributed by atoms with Gasteiger partial charge in [0, 0.05) is 17.3 Å². The summed E-state index contributed by atoms with van der Waals surface area (Å²) in [6.45, 7) is 0. The van der Waals surface area contributed by atoms with Crippen molar-refractivity contribution in [2.75, 3.05) is 5.32 Å². The molecule has 1 aromatic heterocycles. The standard InChI is InChI=1S/C20H15N3O/c24-18-9-7-17(8-10-18)23-20-12-19(21-13-22-20)16-6-5-14-3-1-2-4-15(14)11-16/h1-13,24H,(H,21,22,23). The average molecular weight is 313 g/mol. The summed E-state index contributed by atoms with van der Waals surface area (Å²) in [5, 5.41) is 15.0. The molecule has 0 saturated carbocycles. The Labute approximate surface area is 139 Å². The van der Waals surface area contributed by atoms with Crippen LogP contribution >= 0.6 is 0 Å². The van der Waals surface area contributed by atoms with E-state index in [1.165, 1.54) is 10.8 Å². The lowest BCUT2D eigenvalue weighted by Gasteiger charge is -2.08. The van der Waals surface area contributed by atoms with E-state index < -0.39 is 0 Å². The van der Waals surface area contributed by atoms with Gasteiger partial charge in [-0.05, 0) is 41.1 Å². The fraction of sp³-hybridized carbons (Fsp3) is 0. The van der Waals surface area contributed by atoms with E-state index in [-0.39, 0.29) is 5.75 Å². The Hall–Kier alpha value is -3.40. The van der Waals surface area contributed by atoms with Crippen LogP contribution in [0.5, 0.6) is 5.75 Å². The van der Waals surface area contributed by atoms with Crippen molar-refractivity contribution in [3.05, 3.63) is 79.1 Å². The van der Waals surface area contributed by atoms with E-state index in [1.54, 1.807) is 30.6 Å². The van der Waals surface area contributed by atoms with Crippen molar-refractivity contribution < 1.29 is 5.11 Å². The summed E-state index contributed by atoms with van der Waals surface area (Å²) in [6.07, 6.45) is 1.55. The summed E-state index contributed by atoms with van der Waals surface area (Å²) >= 11 is 0. The second-order valence-electron chi connectivity index (χ2n) is 5.52. The Morgan fingerprint density at radius 3 is 2.38 bits per heavy atom. The molecule has 0 bridgehead atoms. The van der Waals surface area contributed by atoms with Crippen LogP contribution in [0.25, 0.3) is 22.0 Å². The van der Waals surface area contributed by atoms with E-state index in [2.05, 4.69) is 45.6 Å². The van der Waals surface area contributed by atoms with E-state index in [4.69, 9.17) is 0 Å². The van der Waals surface area contributed by atoms with Gasteiger partial charge in [-0.1, -0.05) is 36.4 Å². The Kier molecular flexibility index (Phi) is 3.56. The highest BCUT2D eigenvalue weighted by Crippen LogP contribution is 2.25. The van der Waals surface area contributed by atoms with Gasteiger partial charge in [0.2, 0.25) is 0 Å². The van der Waals surface area contributed by atoms with Crippen molar-refractivity contribution in [1.82, 2.24) is 9.97 Å². The number of hydrogen-bond donors (Lipinski definition) is 2. The van der Waals surface area contributed by atoms with Crippen molar-refractivity contribution >= 4 is 22.3 Å². The number of phenols is 1. The monoisotopic (exact) mass is 313 g/mol. The van der Waals surface area contributed by atoms with Crippen molar-refractivity contribution in [3.63, 3.8) is 0 Å². The minimum atomic E-state index is 0.236. The second-order valence-corrected chi connectivity index (χ2v) is 5.52. The molecule has 1 heterocycles. The van der Waals surface area contributed by atoms with E-state index >= 15 is 0 Å². The highest BCUT2D eigenvalue weighted by Gasteiger charge is 2.04. The summed E-state index contributed by atoms with van der Waals surface area (Å²) in [4.78, 5) is 8.64. The third kappa shape index (κ3) is 2.90. The Morgan fingerprint density at radius 2 is 1.54 bits per heavy atom. The zero-order valence-electron chi connectivity index (χ0n) is 12.8. The number of hydrogen-bond acceptors (Lipinski definition) is 4. The van der Waals surface area contributed by atoms with Crippen molar-refractivity contribution in [2.45, 2.75) is 0 Å². The summed E-state index contributed by atoms with van der Waals surface area (Å²) in [6, 6.07) is 23.3. The zero-order valence-corrected chi connectivity index (χ0v) is 12.8. The van der Waals surface area contributed by atoms with Crippen LogP contribution in [0.2, 0.25) is 0 Å². The van der Waals surface area contributed by atoms with Crippen LogP contribution < -0.4 is 5.32 Å². The lowest BCUT2D eigenvalue weighted by molar-refractivity contribution is 0.475. The summed E-state index contributed by atoms with van der Waals surface area (Å²) in [7, 11) is 0. The predicted octanol–water partition coefficient (Wildman–Crippen LogP) is 4.75. The lowest BCUT2D eigenvalue weighted by atomic mass is 10.0. The molecule has 4 rings (SSSR count). The summed E-state index contributed by atoms with van der Waals surface area (Å²) < 4.78 is 0. The third-order valence-corrected chi connectivity index (χ3v) is 3.85. The van der Waals surface area contributed by atoms with Gasteiger partial charge in [-0.15, -0.1) is 0 Å². The van der Waals surface area contributed by atoms with Gasteiger partial charge in [-0.25, -0.2) is 9.97 Å². The van der Waals surface area contributed by atoms with E-state index in [9.17, 15) is 5.11 Å². The maximum Gasteiger partial charge on any atom is 0.134 e. The van der Waals surface area contributed by atoms with Crippen LogP contribution in [0.1, 0.15) is 0 Å². The molecule has 0 amide bonds. The topological polar surface area (TPSA) is 58.0 Å². The number of aromatic nitrogens is 2. The quantitative estimate of drug-likeness (QED) is 0.536. The molecule has 24 heavy (non-hydrogen) atoms. The lowest BCUT2D eigenvalue weighted by Crippen LogP contribution is -1.95. The molecule has 2 N–H and O–H groups in total. The first kappa shape index (κ1) is 14.2. The molecule has 0 spiro atoms. The number of nitrogens with one attached hydrogen (secondary N) is 1. The Morgan fingerprint density at radius 1 is 0.750 bits per heavy atom. The molecule has 0 aliphatic rings. The minimum absolute atomic E-state index is 0.236. The van der Waals surface area contributed by atoms with Gasteiger partial charge < -0.3 is 10.4 Å². The first-order valence-corrected chi connectivity index (χ1v) is 7.65. The molecule has 4 nitrogen and oxygen atoms in total. The van der Waals surface area contributed by atoms with Crippen LogP contribution in [0, 0.1) is 0 Å². The molecule has 4 aromatic rings. The smallest absolute Gasteiger partial charge is 0.134 e. The molecule has 0 atom stereocenters. The molecule has 0 saturated heterocycles. The van der Waals surface area contributed by atoms with Gasteiger partial charge in [-0.2, -0.15) is 0 Å². The first-order valence-electron chi connectivity index (χ1n) is 7.65. The number of aromatic hydroxyl groups is 1. The van der Waals surface area contributed by atoms with Crippen molar-refractivity contribution in [3.8, 4) is 17.0 Å². The van der Waals surface area contributed by atoms with Gasteiger partial charge in [0.15, 0.2) is 0 Å². The van der Waals surface area contributed by atoms with Gasteiger partial charge in [0.25, 0.3) is 0 Å². The Balaban J connectivity index is 1.67. The molecule has 0 aliphatic carbocycles. The molecular weight excluding hydrogens is 298 g/mol. The van der Waals surface area contributed by atoms with E-state index in [0.29, 0.717) is 5.82 Å². The fourth-order valence-electron chi connectivity index (χ4n) is 2.62. The van der Waals surface area contributed by atoms with Crippen LogP contribution in [0.15, 0.2) is 79.1 Å². The molecule has 0 fully saturated rings. The van der Waals surface area contributed by atoms with E-state index in [0.717, 1.165) is 16.9 Å². The summed E-state index contributed by atoms with van der Waals surface area (Å²) in [5.74, 6) is 0.943. The number of nitrogens with zero attached hydrogens (tertiary/aromatic N) is 2. The number of benzene rings is 3. The minimum Gasteiger partial charge on any atom is -0.508 e. The van der Waals surface area contributed by atoms with Crippen LogP contribution in [0.4, 0.5) is 11.5 Å². The maximum atomic E-state index is 9.35. The first-order chi connectivity index (χ1) is 11.8. The fourth-order valence-corrected chi connectivity index (χ4v) is 2.62. The van der Waals surface area contributed by atoms with Crippen molar-refractivity contribution in [1.29, 1.82) is 0 Å². The highest BCUT2D eigenvalue weighted by atomic mass is 16.3. The van der Waals surface area contributed by atoms with Crippen molar-refractivity contribution in [2.24, 2.45) is 0 Å². The normalized spacial score (nSPS) is 10.7. The SMILES string of the molecule is Oc1ccc(Nc2cc(-c3ccc4ccccc4c3)ncn2)cc1. The summed E-state index contributed by atoms with van der Waals surface area (Å²) in [5.41, 5.74) is 2.76. The molecule has 0 aliphatic heterocycles. The van der Waals surface area contributed by atoms with Crippen LogP contribution in [-0.2, 0) is 0 Å². The number of anilines is 2. The maximum absolute atomic E-state index is 9.35.